The summed E-state index contributed by atoms with van der Waals surface area (Å²) >= 11 is 1.85. The lowest BCUT2D eigenvalue weighted by Gasteiger charge is -2.42. The van der Waals surface area contributed by atoms with Crippen molar-refractivity contribution in [3.63, 3.8) is 0 Å². The first kappa shape index (κ1) is 33.7. The van der Waals surface area contributed by atoms with Gasteiger partial charge in [0.05, 0.1) is 5.41 Å². The zero-order chi connectivity index (χ0) is 37.3. The lowest BCUT2D eigenvalue weighted by molar-refractivity contribution is 0.703. The molecule has 4 heteroatoms. The van der Waals surface area contributed by atoms with Crippen LogP contribution in [-0.4, -0.2) is 15.0 Å². The molecule has 1 aliphatic heterocycles. The first-order valence-electron chi connectivity index (χ1n) is 18.9. The molecular weight excluding hydrogens is 699 g/mol. The second-order valence-corrected chi connectivity index (χ2v) is 15.0. The molecule has 0 saturated carbocycles. The van der Waals surface area contributed by atoms with Crippen LogP contribution in [0.5, 0.6) is 0 Å². The molecule has 3 nitrogen and oxygen atoms in total. The van der Waals surface area contributed by atoms with E-state index in [2.05, 4.69) is 188 Å². The van der Waals surface area contributed by atoms with Crippen molar-refractivity contribution in [1.82, 2.24) is 15.0 Å². The van der Waals surface area contributed by atoms with E-state index in [0.29, 0.717) is 17.5 Å². The Morgan fingerprint density at radius 3 is 1.39 bits per heavy atom. The van der Waals surface area contributed by atoms with E-state index in [1.165, 1.54) is 43.2 Å². The molecule has 10 rings (SSSR count). The van der Waals surface area contributed by atoms with Gasteiger partial charge in [-0.25, -0.2) is 15.0 Å². The third-order valence-electron chi connectivity index (χ3n) is 10.7. The van der Waals surface area contributed by atoms with Crippen LogP contribution in [0.3, 0.4) is 0 Å². The van der Waals surface area contributed by atoms with Crippen LogP contribution in [0, 0.1) is 0 Å². The van der Waals surface area contributed by atoms with Gasteiger partial charge in [0.2, 0.25) is 0 Å². The highest BCUT2D eigenvalue weighted by Crippen LogP contribution is 2.57. The smallest absolute Gasteiger partial charge is 0.164 e. The third kappa shape index (κ3) is 5.92. The molecule has 1 aromatic heterocycles. The topological polar surface area (TPSA) is 38.7 Å². The average molecular weight is 734 g/mol. The zero-order valence-electron chi connectivity index (χ0n) is 30.5. The predicted molar refractivity (Wildman–Crippen MR) is 229 cm³/mol. The van der Waals surface area contributed by atoms with Gasteiger partial charge >= 0.3 is 0 Å². The van der Waals surface area contributed by atoms with E-state index >= 15 is 0 Å². The maximum absolute atomic E-state index is 5.13. The maximum Gasteiger partial charge on any atom is 0.164 e. The van der Waals surface area contributed by atoms with E-state index in [4.69, 9.17) is 15.0 Å². The minimum absolute atomic E-state index is 0.503. The summed E-state index contributed by atoms with van der Waals surface area (Å²) in [5, 5.41) is 0. The lowest BCUT2D eigenvalue weighted by atomic mass is 9.64. The summed E-state index contributed by atoms with van der Waals surface area (Å²) in [5.74, 6) is 1.91. The number of hydrogen-bond acceptors (Lipinski definition) is 4. The number of nitrogens with zero attached hydrogens (tertiary/aromatic N) is 3. The van der Waals surface area contributed by atoms with Gasteiger partial charge in [0.15, 0.2) is 17.5 Å². The van der Waals surface area contributed by atoms with Crippen molar-refractivity contribution in [3.8, 4) is 56.4 Å². The highest BCUT2D eigenvalue weighted by molar-refractivity contribution is 7.99. The van der Waals surface area contributed by atoms with Gasteiger partial charge in [-0.3, -0.25) is 0 Å². The normalized spacial score (nSPS) is 12.7. The van der Waals surface area contributed by atoms with Crippen LogP contribution >= 0.6 is 11.8 Å². The minimum atomic E-state index is -0.503. The fourth-order valence-corrected chi connectivity index (χ4v) is 9.40. The maximum atomic E-state index is 5.13. The molecule has 0 saturated heterocycles. The molecule has 0 radical (unpaired) electrons. The fourth-order valence-electron chi connectivity index (χ4n) is 8.07. The monoisotopic (exact) mass is 733 g/mol. The van der Waals surface area contributed by atoms with Gasteiger partial charge in [0.25, 0.3) is 0 Å². The highest BCUT2D eigenvalue weighted by Gasteiger charge is 2.44. The minimum Gasteiger partial charge on any atom is -0.208 e. The van der Waals surface area contributed by atoms with Gasteiger partial charge in [-0.15, -0.1) is 0 Å². The van der Waals surface area contributed by atoms with Crippen molar-refractivity contribution < 1.29 is 0 Å². The molecule has 0 fully saturated rings. The molecule has 0 unspecified atom stereocenters. The van der Waals surface area contributed by atoms with Crippen LogP contribution < -0.4 is 0 Å². The Hall–Kier alpha value is -6.88. The summed E-state index contributed by atoms with van der Waals surface area (Å²) in [5.41, 5.74) is 12.0. The van der Waals surface area contributed by atoms with Crippen LogP contribution in [0.15, 0.2) is 222 Å². The van der Waals surface area contributed by atoms with Crippen molar-refractivity contribution >= 4 is 11.8 Å². The second kappa shape index (κ2) is 14.4. The van der Waals surface area contributed by atoms with Crippen LogP contribution in [0.1, 0.15) is 22.3 Å². The van der Waals surface area contributed by atoms with Gasteiger partial charge in [0, 0.05) is 26.5 Å². The summed E-state index contributed by atoms with van der Waals surface area (Å²) < 4.78 is 0. The van der Waals surface area contributed by atoms with Crippen molar-refractivity contribution in [2.45, 2.75) is 15.2 Å². The first-order valence-corrected chi connectivity index (χ1v) is 19.7. The SMILES string of the molecule is c1ccc(-c2ccc(-c3nc(-c4ccccc4)nc(-c4cccc(-c5cccc6c5Sc5ccccc5C6(c5ccccc5)c5ccccc5)c4)n3)cc2)cc1. The largest absolute Gasteiger partial charge is 0.208 e. The Kier molecular flexibility index (Phi) is 8.66. The Labute approximate surface area is 331 Å². The summed E-state index contributed by atoms with van der Waals surface area (Å²) in [4.78, 5) is 17.7. The molecule has 8 aromatic carbocycles. The molecule has 1 aliphatic rings. The van der Waals surface area contributed by atoms with Gasteiger partial charge in [-0.05, 0) is 56.6 Å². The van der Waals surface area contributed by atoms with Crippen LogP contribution in [0.25, 0.3) is 56.4 Å². The van der Waals surface area contributed by atoms with Crippen LogP contribution in [-0.2, 0) is 5.41 Å². The molecular formula is C52H35N3S. The van der Waals surface area contributed by atoms with E-state index in [9.17, 15) is 0 Å². The van der Waals surface area contributed by atoms with Crippen LogP contribution in [0.2, 0.25) is 0 Å². The van der Waals surface area contributed by atoms with Gasteiger partial charge in [-0.2, -0.15) is 0 Å². The molecule has 0 atom stereocenters. The number of hydrogen-bond donors (Lipinski definition) is 0. The number of aromatic nitrogens is 3. The molecule has 2 heterocycles. The Bertz CT molecular complexity index is 2770. The van der Waals surface area contributed by atoms with Crippen molar-refractivity contribution in [2.75, 3.05) is 0 Å². The summed E-state index contributed by atoms with van der Waals surface area (Å²) in [6, 6.07) is 75.3. The third-order valence-corrected chi connectivity index (χ3v) is 11.9. The van der Waals surface area contributed by atoms with E-state index in [-0.39, 0.29) is 0 Å². The summed E-state index contributed by atoms with van der Waals surface area (Å²) in [6.07, 6.45) is 0. The Balaban J connectivity index is 1.13. The molecule has 0 spiro atoms. The number of rotatable bonds is 7. The molecule has 9 aromatic rings. The number of benzene rings is 8. The summed E-state index contributed by atoms with van der Waals surface area (Å²) in [7, 11) is 0. The molecule has 0 bridgehead atoms. The van der Waals surface area contributed by atoms with E-state index in [1.54, 1.807) is 0 Å². The van der Waals surface area contributed by atoms with Gasteiger partial charge in [-0.1, -0.05) is 212 Å². The molecule has 0 aliphatic carbocycles. The van der Waals surface area contributed by atoms with E-state index in [0.717, 1.165) is 27.8 Å². The molecule has 0 amide bonds. The molecule has 56 heavy (non-hydrogen) atoms. The zero-order valence-corrected chi connectivity index (χ0v) is 31.3. The summed E-state index contributed by atoms with van der Waals surface area (Å²) in [6.45, 7) is 0. The van der Waals surface area contributed by atoms with Gasteiger partial charge < -0.3 is 0 Å². The standard InChI is InChI=1S/C52H35N3S/c1-5-17-36(18-6-1)37-31-33-39(34-32-37)50-53-49(38-19-7-2-8-20-38)54-51(55-50)41-22-15-21-40(35-41)44-27-16-29-46-48(44)56-47-30-14-13-28-45(47)52(46,42-23-9-3-10-24-42)43-25-11-4-12-26-43/h1-35H. The van der Waals surface area contributed by atoms with Gasteiger partial charge in [0.1, 0.15) is 0 Å². The molecule has 0 N–H and O–H groups in total. The Morgan fingerprint density at radius 1 is 0.321 bits per heavy atom. The van der Waals surface area contributed by atoms with E-state index < -0.39 is 5.41 Å². The molecule has 264 valence electrons. The first-order chi connectivity index (χ1) is 27.8. The quantitative estimate of drug-likeness (QED) is 0.163. The number of fused-ring (bicyclic) bond motifs is 2. The van der Waals surface area contributed by atoms with E-state index in [1.807, 2.05) is 36.0 Å². The predicted octanol–water partition coefficient (Wildman–Crippen LogP) is 13.1. The second-order valence-electron chi connectivity index (χ2n) is 14.0. The van der Waals surface area contributed by atoms with Crippen LogP contribution in [0.4, 0.5) is 0 Å². The Morgan fingerprint density at radius 2 is 0.750 bits per heavy atom. The van der Waals surface area contributed by atoms with Crippen molar-refractivity contribution in [3.05, 3.63) is 235 Å². The van der Waals surface area contributed by atoms with Crippen molar-refractivity contribution in [2.24, 2.45) is 0 Å². The highest BCUT2D eigenvalue weighted by atomic mass is 32.2. The van der Waals surface area contributed by atoms with Crippen molar-refractivity contribution in [1.29, 1.82) is 0 Å². The fraction of sp³-hybridized carbons (Fsp3) is 0.0192. The lowest BCUT2D eigenvalue weighted by Crippen LogP contribution is -2.34. The average Bonchev–Trinajstić information content (AvgIpc) is 3.29.